The van der Waals surface area contributed by atoms with Crippen LogP contribution in [-0.4, -0.2) is 18.4 Å². The standard InChI is InChI=1S/C23H26N2O2S2/c1-3-16(2)17-6-8-18(9-7-17)22(20-5-4-13-29-20)25-21(26)10-12-24-23(27)19-11-14-28-15-19/h4-9,11,13-16,22H,3,10,12H2,1-2H3,(H,24,27)(H,25,26). The van der Waals surface area contributed by atoms with Crippen LogP contribution in [0.2, 0.25) is 0 Å². The highest BCUT2D eigenvalue weighted by atomic mass is 32.1. The monoisotopic (exact) mass is 426 g/mol. The summed E-state index contributed by atoms with van der Waals surface area (Å²) in [6.07, 6.45) is 1.34. The average molecular weight is 427 g/mol. The van der Waals surface area contributed by atoms with E-state index in [1.807, 2.05) is 22.9 Å². The lowest BCUT2D eigenvalue weighted by Gasteiger charge is -2.19. The van der Waals surface area contributed by atoms with Gasteiger partial charge in [0.25, 0.3) is 5.91 Å². The van der Waals surface area contributed by atoms with E-state index < -0.39 is 0 Å². The van der Waals surface area contributed by atoms with Gasteiger partial charge in [-0.15, -0.1) is 11.3 Å². The molecule has 2 heterocycles. The van der Waals surface area contributed by atoms with Crippen molar-refractivity contribution in [3.05, 3.63) is 80.2 Å². The molecule has 2 atom stereocenters. The second-order valence-electron chi connectivity index (χ2n) is 7.01. The van der Waals surface area contributed by atoms with Gasteiger partial charge >= 0.3 is 0 Å². The number of rotatable bonds is 9. The fourth-order valence-corrected chi connectivity index (χ4v) is 4.48. The fourth-order valence-electron chi connectivity index (χ4n) is 3.05. The second kappa shape index (κ2) is 10.4. The summed E-state index contributed by atoms with van der Waals surface area (Å²) < 4.78 is 0. The van der Waals surface area contributed by atoms with Crippen molar-refractivity contribution < 1.29 is 9.59 Å². The van der Waals surface area contributed by atoms with E-state index in [1.54, 1.807) is 22.8 Å². The summed E-state index contributed by atoms with van der Waals surface area (Å²) in [4.78, 5) is 25.6. The molecule has 3 rings (SSSR count). The maximum atomic E-state index is 12.6. The summed E-state index contributed by atoms with van der Waals surface area (Å²) in [7, 11) is 0. The van der Waals surface area contributed by atoms with Crippen molar-refractivity contribution in [3.63, 3.8) is 0 Å². The lowest BCUT2D eigenvalue weighted by atomic mass is 9.95. The van der Waals surface area contributed by atoms with Gasteiger partial charge in [-0.2, -0.15) is 11.3 Å². The maximum Gasteiger partial charge on any atom is 0.252 e. The van der Waals surface area contributed by atoms with Gasteiger partial charge in [-0.1, -0.05) is 44.2 Å². The summed E-state index contributed by atoms with van der Waals surface area (Å²) in [6, 6.07) is 14.1. The number of thiophene rings is 2. The van der Waals surface area contributed by atoms with Crippen molar-refractivity contribution in [3.8, 4) is 0 Å². The summed E-state index contributed by atoms with van der Waals surface area (Å²) in [6.45, 7) is 4.72. The predicted octanol–water partition coefficient (Wildman–Crippen LogP) is 5.35. The van der Waals surface area contributed by atoms with Crippen LogP contribution in [0.25, 0.3) is 0 Å². The Labute approximate surface area is 180 Å². The summed E-state index contributed by atoms with van der Waals surface area (Å²) in [5, 5.41) is 11.6. The van der Waals surface area contributed by atoms with Crippen LogP contribution in [0, 0.1) is 0 Å². The van der Waals surface area contributed by atoms with E-state index in [1.165, 1.54) is 16.9 Å². The summed E-state index contributed by atoms with van der Waals surface area (Å²) in [5.41, 5.74) is 3.01. The van der Waals surface area contributed by atoms with Crippen LogP contribution in [-0.2, 0) is 4.79 Å². The van der Waals surface area contributed by atoms with Crippen LogP contribution in [0.4, 0.5) is 0 Å². The molecule has 0 aliphatic carbocycles. The molecule has 1 aromatic carbocycles. The van der Waals surface area contributed by atoms with Crippen molar-refractivity contribution in [1.29, 1.82) is 0 Å². The zero-order valence-electron chi connectivity index (χ0n) is 16.7. The fraction of sp³-hybridized carbons (Fsp3) is 0.304. The number of carbonyl (C=O) groups is 2. The molecule has 4 nitrogen and oxygen atoms in total. The van der Waals surface area contributed by atoms with Gasteiger partial charge in [0, 0.05) is 28.8 Å². The lowest BCUT2D eigenvalue weighted by Crippen LogP contribution is -2.33. The topological polar surface area (TPSA) is 58.2 Å². The first-order valence-corrected chi connectivity index (χ1v) is 11.6. The van der Waals surface area contributed by atoms with Crippen LogP contribution in [0.1, 0.15) is 65.0 Å². The Hall–Kier alpha value is -2.44. The predicted molar refractivity (Wildman–Crippen MR) is 121 cm³/mol. The van der Waals surface area contributed by atoms with Crippen LogP contribution in [0.3, 0.4) is 0 Å². The third kappa shape index (κ3) is 5.78. The largest absolute Gasteiger partial charge is 0.351 e. The van der Waals surface area contributed by atoms with Gasteiger partial charge in [0.1, 0.15) is 0 Å². The molecule has 0 bridgehead atoms. The Kier molecular flexibility index (Phi) is 7.61. The molecule has 6 heteroatoms. The maximum absolute atomic E-state index is 12.6. The number of hydrogen-bond acceptors (Lipinski definition) is 4. The van der Waals surface area contributed by atoms with Crippen molar-refractivity contribution in [1.82, 2.24) is 10.6 Å². The van der Waals surface area contributed by atoms with E-state index in [-0.39, 0.29) is 24.3 Å². The zero-order chi connectivity index (χ0) is 20.6. The van der Waals surface area contributed by atoms with Crippen molar-refractivity contribution in [2.75, 3.05) is 6.54 Å². The molecule has 2 aromatic heterocycles. The number of hydrogen-bond donors (Lipinski definition) is 2. The van der Waals surface area contributed by atoms with Crippen LogP contribution in [0.5, 0.6) is 0 Å². The highest BCUT2D eigenvalue weighted by molar-refractivity contribution is 7.10. The molecule has 0 fully saturated rings. The van der Waals surface area contributed by atoms with Gasteiger partial charge in [0.2, 0.25) is 5.91 Å². The van der Waals surface area contributed by atoms with Gasteiger partial charge < -0.3 is 10.6 Å². The number of amides is 2. The van der Waals surface area contributed by atoms with Gasteiger partial charge in [-0.3, -0.25) is 9.59 Å². The zero-order valence-corrected chi connectivity index (χ0v) is 18.3. The van der Waals surface area contributed by atoms with E-state index >= 15 is 0 Å². The minimum atomic E-state index is -0.180. The number of carbonyl (C=O) groups excluding carboxylic acids is 2. The summed E-state index contributed by atoms with van der Waals surface area (Å²) in [5.74, 6) is 0.292. The molecule has 152 valence electrons. The Morgan fingerprint density at radius 1 is 1.03 bits per heavy atom. The third-order valence-corrected chi connectivity index (χ3v) is 6.63. The van der Waals surface area contributed by atoms with E-state index in [4.69, 9.17) is 0 Å². The van der Waals surface area contributed by atoms with Gasteiger partial charge in [0.15, 0.2) is 0 Å². The van der Waals surface area contributed by atoms with Gasteiger partial charge in [-0.05, 0) is 46.4 Å². The molecule has 0 aliphatic rings. The second-order valence-corrected chi connectivity index (χ2v) is 8.77. The SMILES string of the molecule is CCC(C)c1ccc(C(NC(=O)CCNC(=O)c2ccsc2)c2cccs2)cc1. The highest BCUT2D eigenvalue weighted by Crippen LogP contribution is 2.28. The van der Waals surface area contributed by atoms with E-state index in [9.17, 15) is 9.59 Å². The first kappa shape index (κ1) is 21.3. The Bertz CT molecular complexity index is 903. The van der Waals surface area contributed by atoms with Crippen molar-refractivity contribution in [2.24, 2.45) is 0 Å². The van der Waals surface area contributed by atoms with Crippen LogP contribution < -0.4 is 10.6 Å². The van der Waals surface area contributed by atoms with Crippen LogP contribution in [0.15, 0.2) is 58.6 Å². The minimum Gasteiger partial charge on any atom is -0.351 e. The molecule has 2 N–H and O–H groups in total. The number of nitrogens with one attached hydrogen (secondary N) is 2. The minimum absolute atomic E-state index is 0.0833. The van der Waals surface area contributed by atoms with E-state index in [2.05, 4.69) is 48.7 Å². The lowest BCUT2D eigenvalue weighted by molar-refractivity contribution is -0.121. The molecule has 29 heavy (non-hydrogen) atoms. The first-order chi connectivity index (χ1) is 14.1. The van der Waals surface area contributed by atoms with Crippen molar-refractivity contribution in [2.45, 2.75) is 38.6 Å². The molecule has 2 unspecified atom stereocenters. The van der Waals surface area contributed by atoms with E-state index in [0.717, 1.165) is 16.9 Å². The van der Waals surface area contributed by atoms with Gasteiger partial charge in [-0.25, -0.2) is 0 Å². The Morgan fingerprint density at radius 3 is 2.41 bits per heavy atom. The van der Waals surface area contributed by atoms with E-state index in [0.29, 0.717) is 18.0 Å². The normalized spacial score (nSPS) is 12.9. The summed E-state index contributed by atoms with van der Waals surface area (Å²) >= 11 is 3.10. The number of benzene rings is 1. The Morgan fingerprint density at radius 2 is 1.79 bits per heavy atom. The molecule has 0 saturated heterocycles. The van der Waals surface area contributed by atoms with Gasteiger partial charge in [0.05, 0.1) is 6.04 Å². The highest BCUT2D eigenvalue weighted by Gasteiger charge is 2.18. The molecule has 0 radical (unpaired) electrons. The molecule has 0 aliphatic heterocycles. The molecular formula is C23H26N2O2S2. The Balaban J connectivity index is 1.62. The smallest absolute Gasteiger partial charge is 0.252 e. The third-order valence-electron chi connectivity index (χ3n) is 5.01. The molecule has 0 spiro atoms. The molecule has 0 saturated carbocycles. The van der Waals surface area contributed by atoms with Crippen molar-refractivity contribution >= 4 is 34.5 Å². The van der Waals surface area contributed by atoms with Crippen LogP contribution >= 0.6 is 22.7 Å². The average Bonchev–Trinajstić information content (AvgIpc) is 3.46. The quantitative estimate of drug-likeness (QED) is 0.485. The first-order valence-electron chi connectivity index (χ1n) is 9.81. The molecule has 2 amide bonds. The molecule has 3 aromatic rings. The molecular weight excluding hydrogens is 400 g/mol.